The smallest absolute Gasteiger partial charge is 0.189 e. The van der Waals surface area contributed by atoms with Crippen molar-refractivity contribution in [2.45, 2.75) is 13.8 Å². The third kappa shape index (κ3) is 3.90. The minimum atomic E-state index is -0.153. The van der Waals surface area contributed by atoms with Crippen molar-refractivity contribution in [3.63, 3.8) is 0 Å². The van der Waals surface area contributed by atoms with Crippen molar-refractivity contribution in [1.29, 1.82) is 0 Å². The zero-order valence-electron chi connectivity index (χ0n) is 14.7. The van der Waals surface area contributed by atoms with E-state index in [0.717, 1.165) is 16.3 Å². The molecule has 4 rings (SSSR count). The Bertz CT molecular complexity index is 1110. The normalized spacial score (nSPS) is 13.0. The highest BCUT2D eigenvalue weighted by Crippen LogP contribution is 2.29. The number of carbonyl (C=O) groups is 2. The van der Waals surface area contributed by atoms with Crippen molar-refractivity contribution < 1.29 is 14.7 Å². The summed E-state index contributed by atoms with van der Waals surface area (Å²) in [4.78, 5) is 23.1. The summed E-state index contributed by atoms with van der Waals surface area (Å²) in [6.45, 7) is 3.52. The van der Waals surface area contributed by atoms with Gasteiger partial charge in [0.2, 0.25) is 0 Å². The Morgan fingerprint density at radius 3 is 2.22 bits per heavy atom. The molecule has 1 aliphatic carbocycles. The third-order valence-corrected chi connectivity index (χ3v) is 4.82. The van der Waals surface area contributed by atoms with E-state index in [1.165, 1.54) is 12.1 Å². The van der Waals surface area contributed by atoms with E-state index < -0.39 is 0 Å². The number of hydrogen-bond acceptors (Lipinski definition) is 3. The fraction of sp³-hybridized carbons (Fsp3) is 0.0909. The van der Waals surface area contributed by atoms with Gasteiger partial charge in [0.25, 0.3) is 0 Å². The molecular formula is C22H16Cl2O3. The minimum Gasteiger partial charge on any atom is -0.507 e. The summed E-state index contributed by atoms with van der Waals surface area (Å²) in [5.74, 6) is 0.0880. The summed E-state index contributed by atoms with van der Waals surface area (Å²) >= 11 is 11.6. The summed E-state index contributed by atoms with van der Waals surface area (Å²) in [6, 6.07) is 14.0. The molecule has 0 atom stereocenters. The summed E-state index contributed by atoms with van der Waals surface area (Å²) in [7, 11) is 0. The summed E-state index contributed by atoms with van der Waals surface area (Å²) in [6.07, 6.45) is 1.35. The zero-order chi connectivity index (χ0) is 19.7. The van der Waals surface area contributed by atoms with E-state index in [1.807, 2.05) is 31.2 Å². The lowest BCUT2D eigenvalue weighted by atomic mass is 9.90. The molecule has 0 bridgehead atoms. The van der Waals surface area contributed by atoms with Crippen molar-refractivity contribution in [3.8, 4) is 5.75 Å². The first kappa shape index (κ1) is 19.2. The summed E-state index contributed by atoms with van der Waals surface area (Å²) in [5, 5.41) is 12.7. The van der Waals surface area contributed by atoms with Gasteiger partial charge in [-0.1, -0.05) is 35.3 Å². The average Bonchev–Trinajstić information content (AvgIpc) is 2.63. The number of ketones is 2. The second-order valence-electron chi connectivity index (χ2n) is 6.31. The monoisotopic (exact) mass is 398 g/mol. The Hall–Kier alpha value is -2.62. The SMILES string of the molecule is CC1=CC(=O)c2cc(Cl)ccc2C1=O.Cc1ccc2cc(Cl)ccc2c1O. The number of aryl methyl sites for hydroxylation is 1. The predicted octanol–water partition coefficient (Wildman–Crippen LogP) is 6.17. The van der Waals surface area contributed by atoms with Crippen LogP contribution in [0.3, 0.4) is 0 Å². The average molecular weight is 399 g/mol. The molecule has 136 valence electrons. The number of carbonyl (C=O) groups excluding carboxylic acids is 2. The number of halogens is 2. The van der Waals surface area contributed by atoms with Crippen LogP contribution in [0.2, 0.25) is 10.0 Å². The topological polar surface area (TPSA) is 54.4 Å². The maximum Gasteiger partial charge on any atom is 0.189 e. The second kappa shape index (κ2) is 7.55. The molecule has 0 radical (unpaired) electrons. The lowest BCUT2D eigenvalue weighted by Crippen LogP contribution is -2.15. The van der Waals surface area contributed by atoms with Crippen molar-refractivity contribution in [1.82, 2.24) is 0 Å². The lowest BCUT2D eigenvalue weighted by molar-refractivity contribution is 0.0984. The second-order valence-corrected chi connectivity index (χ2v) is 7.18. The van der Waals surface area contributed by atoms with Crippen LogP contribution in [0.1, 0.15) is 33.2 Å². The molecule has 0 amide bonds. The molecule has 3 aromatic rings. The van der Waals surface area contributed by atoms with Gasteiger partial charge in [0, 0.05) is 32.1 Å². The minimum absolute atomic E-state index is 0.101. The van der Waals surface area contributed by atoms with Crippen LogP contribution in [0, 0.1) is 6.92 Å². The van der Waals surface area contributed by atoms with E-state index >= 15 is 0 Å². The molecule has 3 nitrogen and oxygen atoms in total. The van der Waals surface area contributed by atoms with Crippen LogP contribution in [-0.4, -0.2) is 16.7 Å². The van der Waals surface area contributed by atoms with E-state index in [9.17, 15) is 14.7 Å². The van der Waals surface area contributed by atoms with Crippen LogP contribution in [0.5, 0.6) is 5.75 Å². The highest BCUT2D eigenvalue weighted by molar-refractivity contribution is 6.32. The Balaban J connectivity index is 0.000000156. The zero-order valence-corrected chi connectivity index (χ0v) is 16.2. The largest absolute Gasteiger partial charge is 0.507 e. The van der Waals surface area contributed by atoms with E-state index in [4.69, 9.17) is 23.2 Å². The molecule has 3 aromatic carbocycles. The van der Waals surface area contributed by atoms with Crippen molar-refractivity contribution in [2.75, 3.05) is 0 Å². The molecule has 1 aliphatic rings. The van der Waals surface area contributed by atoms with Gasteiger partial charge in [-0.15, -0.1) is 0 Å². The van der Waals surface area contributed by atoms with Gasteiger partial charge in [-0.25, -0.2) is 0 Å². The van der Waals surface area contributed by atoms with Gasteiger partial charge in [0.1, 0.15) is 5.75 Å². The summed E-state index contributed by atoms with van der Waals surface area (Å²) in [5.41, 5.74) is 2.20. The lowest BCUT2D eigenvalue weighted by Gasteiger charge is -2.11. The number of Topliss-reactive ketones (excluding diaryl/α,β-unsaturated/α-hetero) is 1. The molecule has 0 fully saturated rings. The van der Waals surface area contributed by atoms with Crippen molar-refractivity contribution >= 4 is 45.5 Å². The molecule has 0 aliphatic heterocycles. The summed E-state index contributed by atoms with van der Waals surface area (Å²) < 4.78 is 0. The standard InChI is InChI=1S/C11H7ClO2.C11H9ClO/c1-6-4-10(13)9-5-7(12)2-3-8(9)11(6)14;1-7-2-3-8-6-9(12)4-5-10(8)11(7)13/h2-5H,1H3;2-6,13H,1H3. The van der Waals surface area contributed by atoms with Gasteiger partial charge in [0.05, 0.1) is 0 Å². The van der Waals surface area contributed by atoms with E-state index in [-0.39, 0.29) is 11.6 Å². The molecule has 0 saturated heterocycles. The fourth-order valence-corrected chi connectivity index (χ4v) is 3.22. The Morgan fingerprint density at radius 1 is 0.815 bits per heavy atom. The number of benzene rings is 3. The van der Waals surface area contributed by atoms with E-state index in [2.05, 4.69) is 0 Å². The number of rotatable bonds is 0. The molecule has 0 heterocycles. The first-order chi connectivity index (χ1) is 12.8. The predicted molar refractivity (Wildman–Crippen MR) is 109 cm³/mol. The Morgan fingerprint density at radius 2 is 1.48 bits per heavy atom. The maximum absolute atomic E-state index is 11.6. The van der Waals surface area contributed by atoms with Gasteiger partial charge in [0.15, 0.2) is 11.6 Å². The number of aromatic hydroxyl groups is 1. The van der Waals surface area contributed by atoms with Crippen LogP contribution < -0.4 is 0 Å². The quantitative estimate of drug-likeness (QED) is 0.492. The molecule has 5 heteroatoms. The Labute approximate surface area is 166 Å². The van der Waals surface area contributed by atoms with Gasteiger partial charge in [-0.2, -0.15) is 0 Å². The molecular weight excluding hydrogens is 383 g/mol. The van der Waals surface area contributed by atoms with Crippen LogP contribution >= 0.6 is 23.2 Å². The van der Waals surface area contributed by atoms with E-state index in [1.54, 1.807) is 25.1 Å². The highest BCUT2D eigenvalue weighted by Gasteiger charge is 2.22. The highest BCUT2D eigenvalue weighted by atomic mass is 35.5. The number of fused-ring (bicyclic) bond motifs is 2. The van der Waals surface area contributed by atoms with Crippen LogP contribution in [0.15, 0.2) is 60.2 Å². The molecule has 0 unspecified atom stereocenters. The first-order valence-corrected chi connectivity index (χ1v) is 8.98. The molecule has 27 heavy (non-hydrogen) atoms. The maximum atomic E-state index is 11.6. The number of hydrogen-bond donors (Lipinski definition) is 1. The third-order valence-electron chi connectivity index (χ3n) is 4.35. The number of allylic oxidation sites excluding steroid dienone is 2. The van der Waals surface area contributed by atoms with E-state index in [0.29, 0.717) is 32.5 Å². The van der Waals surface area contributed by atoms with Crippen LogP contribution in [0.25, 0.3) is 10.8 Å². The van der Waals surface area contributed by atoms with Crippen molar-refractivity contribution in [3.05, 3.63) is 86.9 Å². The molecule has 0 aromatic heterocycles. The van der Waals surface area contributed by atoms with Gasteiger partial charge in [-0.05, 0) is 67.3 Å². The van der Waals surface area contributed by atoms with Gasteiger partial charge in [-0.3, -0.25) is 9.59 Å². The number of phenolic OH excluding ortho intramolecular Hbond substituents is 1. The van der Waals surface area contributed by atoms with Gasteiger partial charge >= 0.3 is 0 Å². The van der Waals surface area contributed by atoms with Crippen molar-refractivity contribution in [2.24, 2.45) is 0 Å². The van der Waals surface area contributed by atoms with Crippen LogP contribution in [-0.2, 0) is 0 Å². The van der Waals surface area contributed by atoms with Gasteiger partial charge < -0.3 is 5.11 Å². The number of phenols is 1. The molecule has 0 spiro atoms. The fourth-order valence-electron chi connectivity index (χ4n) is 2.86. The molecule has 0 saturated carbocycles. The molecule has 1 N–H and O–H groups in total. The Kier molecular flexibility index (Phi) is 5.36. The van der Waals surface area contributed by atoms with Crippen LogP contribution in [0.4, 0.5) is 0 Å². The first-order valence-electron chi connectivity index (χ1n) is 8.22.